The second kappa shape index (κ2) is 10.8. The fourth-order valence-electron chi connectivity index (χ4n) is 2.41. The molecule has 1 aromatic rings. The van der Waals surface area contributed by atoms with Gasteiger partial charge in [-0.25, -0.2) is 4.99 Å². The third kappa shape index (κ3) is 7.84. The van der Waals surface area contributed by atoms with E-state index in [9.17, 15) is 0 Å². The summed E-state index contributed by atoms with van der Waals surface area (Å²) in [7, 11) is 6.27. The normalized spacial score (nSPS) is 11.6. The molecule has 0 fully saturated rings. The first-order chi connectivity index (χ1) is 11.1. The molecule has 0 saturated carbocycles. The number of aliphatic imine (C=N–C) groups is 1. The molecule has 4 nitrogen and oxygen atoms in total. The van der Waals surface area contributed by atoms with Crippen molar-refractivity contribution in [1.29, 1.82) is 0 Å². The first-order valence-electron chi connectivity index (χ1n) is 8.39. The van der Waals surface area contributed by atoms with Gasteiger partial charge >= 0.3 is 0 Å². The maximum atomic E-state index is 4.77. The minimum absolute atomic E-state index is 0.704. The Balaban J connectivity index is 2.70. The van der Waals surface area contributed by atoms with Gasteiger partial charge in [0.05, 0.1) is 6.54 Å². The average molecular weight is 316 g/mol. The summed E-state index contributed by atoms with van der Waals surface area (Å²) < 4.78 is 0. The first-order valence-corrected chi connectivity index (χ1v) is 8.39. The zero-order chi connectivity index (χ0) is 17.1. The van der Waals surface area contributed by atoms with Gasteiger partial charge in [-0.2, -0.15) is 0 Å². The Morgan fingerprint density at radius 2 is 2.00 bits per heavy atom. The number of hydrogen-bond acceptors (Lipinski definition) is 2. The van der Waals surface area contributed by atoms with E-state index in [0.717, 1.165) is 38.4 Å². The van der Waals surface area contributed by atoms with Crippen LogP contribution in [0.3, 0.4) is 0 Å². The zero-order valence-electron chi connectivity index (χ0n) is 15.2. The monoisotopic (exact) mass is 316 g/mol. The zero-order valence-corrected chi connectivity index (χ0v) is 15.2. The molecule has 0 spiro atoms. The van der Waals surface area contributed by atoms with Crippen LogP contribution in [-0.2, 0) is 13.1 Å². The second-order valence-corrected chi connectivity index (χ2v) is 6.08. The highest BCUT2D eigenvalue weighted by atomic mass is 15.3. The molecule has 0 saturated heterocycles. The summed E-state index contributed by atoms with van der Waals surface area (Å²) in [5.41, 5.74) is 2.58. The van der Waals surface area contributed by atoms with Crippen molar-refractivity contribution in [2.45, 2.75) is 32.9 Å². The van der Waals surface area contributed by atoms with E-state index in [4.69, 9.17) is 4.99 Å². The largest absolute Gasteiger partial charge is 0.357 e. The molecule has 0 heterocycles. The maximum absolute atomic E-state index is 4.77. The van der Waals surface area contributed by atoms with Crippen LogP contribution in [0.4, 0.5) is 0 Å². The highest BCUT2D eigenvalue weighted by Gasteiger charge is 2.05. The van der Waals surface area contributed by atoms with Crippen molar-refractivity contribution in [2.75, 3.05) is 34.2 Å². The van der Waals surface area contributed by atoms with Gasteiger partial charge in [-0.1, -0.05) is 30.3 Å². The number of nitrogens with zero attached hydrogens (tertiary/aromatic N) is 3. The summed E-state index contributed by atoms with van der Waals surface area (Å²) in [5.74, 6) is 0.967. The van der Waals surface area contributed by atoms with Gasteiger partial charge in [-0.15, -0.1) is 6.58 Å². The molecule has 1 aromatic carbocycles. The van der Waals surface area contributed by atoms with Crippen LogP contribution in [-0.4, -0.2) is 50.0 Å². The number of unbranched alkanes of at least 4 members (excludes halogenated alkanes) is 1. The van der Waals surface area contributed by atoms with Crippen molar-refractivity contribution in [3.63, 3.8) is 0 Å². The van der Waals surface area contributed by atoms with Crippen LogP contribution in [0.15, 0.2) is 41.9 Å². The molecule has 0 atom stereocenters. The fourth-order valence-corrected chi connectivity index (χ4v) is 2.41. The topological polar surface area (TPSA) is 30.9 Å². The lowest BCUT2D eigenvalue weighted by Crippen LogP contribution is -2.39. The van der Waals surface area contributed by atoms with Crippen LogP contribution >= 0.6 is 0 Å². The van der Waals surface area contributed by atoms with E-state index >= 15 is 0 Å². The lowest BCUT2D eigenvalue weighted by atomic mass is 10.1. The highest BCUT2D eigenvalue weighted by molar-refractivity contribution is 5.79. The van der Waals surface area contributed by atoms with Crippen LogP contribution in [0.25, 0.3) is 0 Å². The van der Waals surface area contributed by atoms with E-state index in [-0.39, 0.29) is 0 Å². The van der Waals surface area contributed by atoms with E-state index in [2.05, 4.69) is 74.0 Å². The quantitative estimate of drug-likeness (QED) is 0.329. The number of guanidine groups is 1. The molecule has 4 heteroatoms. The summed E-state index contributed by atoms with van der Waals surface area (Å²) >= 11 is 0. The van der Waals surface area contributed by atoms with Gasteiger partial charge < -0.3 is 15.1 Å². The number of benzene rings is 1. The minimum Gasteiger partial charge on any atom is -0.357 e. The van der Waals surface area contributed by atoms with Crippen LogP contribution in [0.5, 0.6) is 0 Å². The predicted octanol–water partition coefficient (Wildman–Crippen LogP) is 3.11. The molecule has 23 heavy (non-hydrogen) atoms. The van der Waals surface area contributed by atoms with Crippen molar-refractivity contribution < 1.29 is 0 Å². The standard InChI is InChI=1S/C19H32N4/c1-6-8-9-13-23(5)19(20-7-2)21-15-17-11-10-12-18(14-17)16-22(3)4/h6,10-12,14H,1,7-9,13,15-16H2,2-5H3,(H,20,21). The van der Waals surface area contributed by atoms with E-state index in [1.54, 1.807) is 0 Å². The van der Waals surface area contributed by atoms with Crippen LogP contribution in [0, 0.1) is 0 Å². The number of rotatable bonds is 9. The molecule has 0 amide bonds. The maximum Gasteiger partial charge on any atom is 0.193 e. The third-order valence-electron chi connectivity index (χ3n) is 3.50. The molecule has 0 aliphatic carbocycles. The summed E-state index contributed by atoms with van der Waals surface area (Å²) in [6.07, 6.45) is 4.10. The van der Waals surface area contributed by atoms with Gasteiger partial charge in [0.15, 0.2) is 5.96 Å². The molecule has 1 N–H and O–H groups in total. The van der Waals surface area contributed by atoms with E-state index in [1.807, 2.05) is 6.08 Å². The van der Waals surface area contributed by atoms with Gasteiger partial charge in [0.1, 0.15) is 0 Å². The van der Waals surface area contributed by atoms with Crippen molar-refractivity contribution in [2.24, 2.45) is 4.99 Å². The Morgan fingerprint density at radius 1 is 1.26 bits per heavy atom. The molecule has 0 aromatic heterocycles. The van der Waals surface area contributed by atoms with Crippen molar-refractivity contribution in [3.05, 3.63) is 48.0 Å². The number of allylic oxidation sites excluding steroid dienone is 1. The minimum atomic E-state index is 0.704. The molecule has 0 bridgehead atoms. The third-order valence-corrected chi connectivity index (χ3v) is 3.50. The van der Waals surface area contributed by atoms with Crippen molar-refractivity contribution in [3.8, 4) is 0 Å². The van der Waals surface area contributed by atoms with Crippen molar-refractivity contribution >= 4 is 5.96 Å². The highest BCUT2D eigenvalue weighted by Crippen LogP contribution is 2.08. The summed E-state index contributed by atoms with van der Waals surface area (Å²) in [6.45, 7) is 9.40. The summed E-state index contributed by atoms with van der Waals surface area (Å²) in [5, 5.41) is 3.37. The molecular weight excluding hydrogens is 284 g/mol. The Morgan fingerprint density at radius 3 is 2.65 bits per heavy atom. The molecule has 0 radical (unpaired) electrons. The first kappa shape index (κ1) is 19.2. The van der Waals surface area contributed by atoms with Gasteiger partial charge in [-0.05, 0) is 45.0 Å². The molecule has 1 rings (SSSR count). The van der Waals surface area contributed by atoms with Crippen LogP contribution < -0.4 is 5.32 Å². The Hall–Kier alpha value is -1.81. The SMILES string of the molecule is C=CCCCN(C)C(=NCc1cccc(CN(C)C)c1)NCC. The van der Waals surface area contributed by atoms with Gasteiger partial charge in [0.2, 0.25) is 0 Å². The van der Waals surface area contributed by atoms with E-state index in [0.29, 0.717) is 6.54 Å². The van der Waals surface area contributed by atoms with E-state index < -0.39 is 0 Å². The molecule has 128 valence electrons. The fraction of sp³-hybridized carbons (Fsp3) is 0.526. The molecule has 0 aliphatic heterocycles. The van der Waals surface area contributed by atoms with Crippen molar-refractivity contribution in [1.82, 2.24) is 15.1 Å². The second-order valence-electron chi connectivity index (χ2n) is 6.08. The number of hydrogen-bond donors (Lipinski definition) is 1. The molecule has 0 aliphatic rings. The Kier molecular flexibility index (Phi) is 9.07. The van der Waals surface area contributed by atoms with E-state index in [1.165, 1.54) is 11.1 Å². The molecular formula is C19H32N4. The van der Waals surface area contributed by atoms with Gasteiger partial charge in [0.25, 0.3) is 0 Å². The smallest absolute Gasteiger partial charge is 0.193 e. The summed E-state index contributed by atoms with van der Waals surface area (Å²) in [4.78, 5) is 9.15. The van der Waals surface area contributed by atoms with Gasteiger partial charge in [0, 0.05) is 26.7 Å². The predicted molar refractivity (Wildman–Crippen MR) is 101 cm³/mol. The van der Waals surface area contributed by atoms with Crippen LogP contribution in [0.1, 0.15) is 30.9 Å². The Bertz CT molecular complexity index is 494. The Labute approximate surface area is 141 Å². The summed E-state index contributed by atoms with van der Waals surface area (Å²) in [6, 6.07) is 8.67. The lowest BCUT2D eigenvalue weighted by molar-refractivity contribution is 0.402. The number of nitrogens with one attached hydrogen (secondary N) is 1. The average Bonchev–Trinajstić information content (AvgIpc) is 2.51. The van der Waals surface area contributed by atoms with Crippen LogP contribution in [0.2, 0.25) is 0 Å². The lowest BCUT2D eigenvalue weighted by Gasteiger charge is -2.21. The molecule has 0 unspecified atom stereocenters. The van der Waals surface area contributed by atoms with Gasteiger partial charge in [-0.3, -0.25) is 0 Å².